The molecule has 0 radical (unpaired) electrons. The van der Waals surface area contributed by atoms with Crippen molar-refractivity contribution in [2.45, 2.75) is 18.9 Å². The summed E-state index contributed by atoms with van der Waals surface area (Å²) in [5.74, 6) is -0.408. The summed E-state index contributed by atoms with van der Waals surface area (Å²) in [7, 11) is 0. The first kappa shape index (κ1) is 10.9. The quantitative estimate of drug-likeness (QED) is 0.783. The number of aliphatic hydroxyl groups excluding tert-OH is 1. The highest BCUT2D eigenvalue weighted by Crippen LogP contribution is 2.22. The normalized spacial score (nSPS) is 20.6. The molecule has 1 unspecified atom stereocenters. The second-order valence-electron chi connectivity index (χ2n) is 4.05. The summed E-state index contributed by atoms with van der Waals surface area (Å²) >= 11 is 0. The van der Waals surface area contributed by atoms with Crippen molar-refractivity contribution in [2.24, 2.45) is 0 Å². The van der Waals surface area contributed by atoms with E-state index in [1.807, 2.05) is 11.0 Å². The third-order valence-electron chi connectivity index (χ3n) is 2.77. The van der Waals surface area contributed by atoms with Gasteiger partial charge in [-0.05, 0) is 31.0 Å². The number of benzene rings is 1. The van der Waals surface area contributed by atoms with Crippen LogP contribution >= 0.6 is 0 Å². The monoisotopic (exact) mass is 220 g/mol. The van der Waals surface area contributed by atoms with Crippen LogP contribution in [0.25, 0.3) is 0 Å². The molecule has 1 atom stereocenters. The number of rotatable bonds is 1. The van der Waals surface area contributed by atoms with Gasteiger partial charge in [0.15, 0.2) is 0 Å². The van der Waals surface area contributed by atoms with E-state index in [1.54, 1.807) is 6.07 Å². The molecule has 0 bridgehead atoms. The average Bonchev–Trinajstić information content (AvgIpc) is 2.28. The van der Waals surface area contributed by atoms with Crippen molar-refractivity contribution in [1.82, 2.24) is 0 Å². The van der Waals surface area contributed by atoms with Crippen LogP contribution in [-0.4, -0.2) is 24.3 Å². The maximum atomic E-state index is 13.2. The minimum atomic E-state index is -0.408. The number of β-amino-alcohol motifs (C(OH)–C–C–N with tert-alkyl or cyclic N) is 1. The minimum Gasteiger partial charge on any atom is -0.391 e. The summed E-state index contributed by atoms with van der Waals surface area (Å²) in [6.45, 7) is 1.31. The van der Waals surface area contributed by atoms with Gasteiger partial charge in [0.05, 0.1) is 17.7 Å². The molecule has 0 aromatic heterocycles. The van der Waals surface area contributed by atoms with Crippen LogP contribution in [0.1, 0.15) is 18.4 Å². The van der Waals surface area contributed by atoms with Crippen molar-refractivity contribution in [1.29, 1.82) is 5.26 Å². The van der Waals surface area contributed by atoms with E-state index in [2.05, 4.69) is 0 Å². The van der Waals surface area contributed by atoms with Crippen LogP contribution in [0.4, 0.5) is 10.1 Å². The number of aliphatic hydroxyl groups is 1. The van der Waals surface area contributed by atoms with Gasteiger partial charge >= 0.3 is 0 Å². The van der Waals surface area contributed by atoms with E-state index in [4.69, 9.17) is 5.26 Å². The summed E-state index contributed by atoms with van der Waals surface area (Å²) in [6, 6.07) is 6.20. The highest BCUT2D eigenvalue weighted by molar-refractivity contribution is 5.52. The van der Waals surface area contributed by atoms with Gasteiger partial charge in [0.25, 0.3) is 0 Å². The van der Waals surface area contributed by atoms with Gasteiger partial charge in [-0.2, -0.15) is 5.26 Å². The summed E-state index contributed by atoms with van der Waals surface area (Å²) in [4.78, 5) is 1.91. The highest BCUT2D eigenvalue weighted by Gasteiger charge is 2.18. The van der Waals surface area contributed by atoms with Crippen LogP contribution in [0, 0.1) is 17.1 Å². The molecule has 0 aliphatic carbocycles. The fraction of sp³-hybridized carbons (Fsp3) is 0.417. The lowest BCUT2D eigenvalue weighted by molar-refractivity contribution is 0.154. The molecule has 1 aromatic carbocycles. The number of piperidine rings is 1. The molecule has 4 heteroatoms. The van der Waals surface area contributed by atoms with Crippen molar-refractivity contribution in [3.05, 3.63) is 29.6 Å². The van der Waals surface area contributed by atoms with E-state index in [9.17, 15) is 9.50 Å². The Kier molecular flexibility index (Phi) is 3.07. The largest absolute Gasteiger partial charge is 0.391 e. The Balaban J connectivity index is 2.26. The van der Waals surface area contributed by atoms with E-state index in [0.717, 1.165) is 19.4 Å². The van der Waals surface area contributed by atoms with Crippen molar-refractivity contribution in [2.75, 3.05) is 18.0 Å². The molecule has 1 aliphatic rings. The van der Waals surface area contributed by atoms with Crippen LogP contribution in [-0.2, 0) is 0 Å². The van der Waals surface area contributed by atoms with E-state index in [0.29, 0.717) is 17.8 Å². The molecule has 3 nitrogen and oxygen atoms in total. The lowest BCUT2D eigenvalue weighted by Gasteiger charge is -2.32. The van der Waals surface area contributed by atoms with Crippen molar-refractivity contribution >= 4 is 5.69 Å². The van der Waals surface area contributed by atoms with Crippen LogP contribution in [0.5, 0.6) is 0 Å². The number of halogens is 1. The van der Waals surface area contributed by atoms with Gasteiger partial charge in [-0.25, -0.2) is 4.39 Å². The fourth-order valence-corrected chi connectivity index (χ4v) is 2.01. The van der Waals surface area contributed by atoms with Crippen LogP contribution < -0.4 is 4.90 Å². The molecular weight excluding hydrogens is 207 g/mol. The number of anilines is 1. The van der Waals surface area contributed by atoms with Gasteiger partial charge in [0.1, 0.15) is 5.82 Å². The summed E-state index contributed by atoms with van der Waals surface area (Å²) in [6.07, 6.45) is 1.32. The average molecular weight is 220 g/mol. The predicted octanol–water partition coefficient (Wildman–Crippen LogP) is 1.66. The topological polar surface area (TPSA) is 47.3 Å². The maximum Gasteiger partial charge on any atom is 0.126 e. The van der Waals surface area contributed by atoms with Gasteiger partial charge < -0.3 is 10.0 Å². The SMILES string of the molecule is N#Cc1cc(F)cc(N2CCCC(O)C2)c1. The summed E-state index contributed by atoms with van der Waals surface area (Å²) < 4.78 is 13.2. The van der Waals surface area contributed by atoms with E-state index < -0.39 is 5.82 Å². The van der Waals surface area contributed by atoms with E-state index >= 15 is 0 Å². The molecule has 0 amide bonds. The Morgan fingerprint density at radius 1 is 1.44 bits per heavy atom. The Labute approximate surface area is 93.7 Å². The second-order valence-corrected chi connectivity index (χ2v) is 4.05. The summed E-state index contributed by atoms with van der Waals surface area (Å²) in [5.41, 5.74) is 0.991. The zero-order chi connectivity index (χ0) is 11.5. The standard InChI is InChI=1S/C12H13FN2O/c13-10-4-9(7-14)5-11(6-10)15-3-1-2-12(16)8-15/h4-6,12,16H,1-3,8H2. The zero-order valence-electron chi connectivity index (χ0n) is 8.86. The molecular formula is C12H13FN2O. The number of nitriles is 1. The molecule has 2 rings (SSSR count). The molecule has 16 heavy (non-hydrogen) atoms. The third kappa shape index (κ3) is 2.31. The Morgan fingerprint density at radius 3 is 2.94 bits per heavy atom. The molecule has 1 N–H and O–H groups in total. The van der Waals surface area contributed by atoms with Crippen LogP contribution in [0.3, 0.4) is 0 Å². The van der Waals surface area contributed by atoms with Gasteiger partial charge in [-0.15, -0.1) is 0 Å². The predicted molar refractivity (Wildman–Crippen MR) is 58.6 cm³/mol. The molecule has 1 aliphatic heterocycles. The zero-order valence-corrected chi connectivity index (χ0v) is 8.86. The smallest absolute Gasteiger partial charge is 0.126 e. The fourth-order valence-electron chi connectivity index (χ4n) is 2.01. The first-order valence-electron chi connectivity index (χ1n) is 5.33. The Hall–Kier alpha value is -1.60. The number of hydrogen-bond acceptors (Lipinski definition) is 3. The maximum absolute atomic E-state index is 13.2. The van der Waals surface area contributed by atoms with Crippen LogP contribution in [0.15, 0.2) is 18.2 Å². The lowest BCUT2D eigenvalue weighted by Crippen LogP contribution is -2.38. The van der Waals surface area contributed by atoms with Gasteiger partial charge in [0.2, 0.25) is 0 Å². The Bertz CT molecular complexity index is 428. The first-order chi connectivity index (χ1) is 7.69. The second kappa shape index (κ2) is 4.50. The first-order valence-corrected chi connectivity index (χ1v) is 5.33. The van der Waals surface area contributed by atoms with Crippen LogP contribution in [0.2, 0.25) is 0 Å². The van der Waals surface area contributed by atoms with Gasteiger partial charge in [0, 0.05) is 18.8 Å². The van der Waals surface area contributed by atoms with E-state index in [-0.39, 0.29) is 6.10 Å². The lowest BCUT2D eigenvalue weighted by atomic mass is 10.1. The summed E-state index contributed by atoms with van der Waals surface area (Å²) in [5, 5.41) is 18.3. The molecule has 1 heterocycles. The Morgan fingerprint density at radius 2 is 2.25 bits per heavy atom. The molecule has 1 aromatic rings. The van der Waals surface area contributed by atoms with Gasteiger partial charge in [-0.3, -0.25) is 0 Å². The molecule has 1 fully saturated rings. The van der Waals surface area contributed by atoms with Crippen molar-refractivity contribution in [3.63, 3.8) is 0 Å². The number of hydrogen-bond donors (Lipinski definition) is 1. The number of nitrogens with zero attached hydrogens (tertiary/aromatic N) is 2. The third-order valence-corrected chi connectivity index (χ3v) is 2.77. The van der Waals surface area contributed by atoms with Gasteiger partial charge in [-0.1, -0.05) is 0 Å². The molecule has 0 spiro atoms. The molecule has 1 saturated heterocycles. The molecule has 0 saturated carbocycles. The van der Waals surface area contributed by atoms with Crippen molar-refractivity contribution < 1.29 is 9.50 Å². The van der Waals surface area contributed by atoms with Crippen molar-refractivity contribution in [3.8, 4) is 6.07 Å². The molecule has 84 valence electrons. The highest BCUT2D eigenvalue weighted by atomic mass is 19.1. The van der Waals surface area contributed by atoms with E-state index in [1.165, 1.54) is 12.1 Å². The minimum absolute atomic E-state index is 0.315.